The van der Waals surface area contributed by atoms with Gasteiger partial charge in [-0.1, -0.05) is 45.0 Å². The van der Waals surface area contributed by atoms with Gasteiger partial charge >= 0.3 is 0 Å². The maximum absolute atomic E-state index is 6.07. The summed E-state index contributed by atoms with van der Waals surface area (Å²) in [5.41, 5.74) is 9.05. The van der Waals surface area contributed by atoms with Crippen molar-refractivity contribution in [3.63, 3.8) is 0 Å². The normalized spacial score (nSPS) is 26.0. The smallest absolute Gasteiger partial charge is 0.0247 e. The molecule has 2 heteroatoms. The Labute approximate surface area is 98.2 Å². The van der Waals surface area contributed by atoms with Crippen LogP contribution < -0.4 is 11.1 Å². The van der Waals surface area contributed by atoms with Gasteiger partial charge < -0.3 is 11.1 Å². The van der Waals surface area contributed by atoms with Crippen LogP contribution in [0.5, 0.6) is 0 Å². The predicted molar refractivity (Wildman–Crippen MR) is 68.7 cm³/mol. The van der Waals surface area contributed by atoms with Crippen LogP contribution >= 0.6 is 0 Å². The molecule has 1 saturated heterocycles. The molecule has 16 heavy (non-hydrogen) atoms. The highest BCUT2D eigenvalue weighted by Crippen LogP contribution is 2.26. The van der Waals surface area contributed by atoms with Gasteiger partial charge in [0.15, 0.2) is 0 Å². The van der Waals surface area contributed by atoms with E-state index in [1.54, 1.807) is 0 Å². The molecular formula is C14H22N2. The minimum atomic E-state index is 0.231. The van der Waals surface area contributed by atoms with Gasteiger partial charge in [-0.2, -0.15) is 0 Å². The first kappa shape index (κ1) is 11.6. The lowest BCUT2D eigenvalue weighted by Gasteiger charge is -2.21. The monoisotopic (exact) mass is 218 g/mol. The summed E-state index contributed by atoms with van der Waals surface area (Å²) in [4.78, 5) is 0. The molecule has 0 amide bonds. The molecule has 1 aliphatic heterocycles. The van der Waals surface area contributed by atoms with E-state index in [1.807, 2.05) is 0 Å². The van der Waals surface area contributed by atoms with E-state index < -0.39 is 0 Å². The zero-order valence-corrected chi connectivity index (χ0v) is 10.5. The van der Waals surface area contributed by atoms with Crippen molar-refractivity contribution >= 4 is 0 Å². The standard InChI is InChI=1S/C14H22N2/c1-14(2,3)11-6-4-10(5-7-11)12-8-16-9-13(12)15/h4-7,12-13,16H,8-9,15H2,1-3H3. The van der Waals surface area contributed by atoms with Gasteiger partial charge in [0.05, 0.1) is 0 Å². The van der Waals surface area contributed by atoms with Crippen molar-refractivity contribution in [2.75, 3.05) is 13.1 Å². The van der Waals surface area contributed by atoms with Crippen LogP contribution in [-0.4, -0.2) is 19.1 Å². The molecule has 0 saturated carbocycles. The summed E-state index contributed by atoms with van der Waals surface area (Å²) in [6.45, 7) is 8.67. The highest BCUT2D eigenvalue weighted by molar-refractivity contribution is 5.31. The van der Waals surface area contributed by atoms with E-state index in [-0.39, 0.29) is 11.5 Å². The van der Waals surface area contributed by atoms with Crippen molar-refractivity contribution in [1.82, 2.24) is 5.32 Å². The van der Waals surface area contributed by atoms with Crippen molar-refractivity contribution in [2.24, 2.45) is 5.73 Å². The number of hydrogen-bond acceptors (Lipinski definition) is 2. The summed E-state index contributed by atoms with van der Waals surface area (Å²) in [5, 5.41) is 3.34. The molecule has 1 aliphatic rings. The van der Waals surface area contributed by atoms with E-state index >= 15 is 0 Å². The van der Waals surface area contributed by atoms with Gasteiger partial charge in [0.2, 0.25) is 0 Å². The average Bonchev–Trinajstić information content (AvgIpc) is 2.63. The molecule has 88 valence electrons. The fourth-order valence-corrected chi connectivity index (χ4v) is 2.29. The predicted octanol–water partition coefficient (Wildman–Crippen LogP) is 2.00. The number of hydrogen-bond donors (Lipinski definition) is 2. The van der Waals surface area contributed by atoms with Crippen LogP contribution in [0.25, 0.3) is 0 Å². The topological polar surface area (TPSA) is 38.0 Å². The Bertz CT molecular complexity index is 348. The molecule has 3 N–H and O–H groups in total. The maximum Gasteiger partial charge on any atom is 0.0247 e. The number of nitrogens with two attached hydrogens (primary N) is 1. The zero-order chi connectivity index (χ0) is 11.8. The van der Waals surface area contributed by atoms with Gasteiger partial charge in [-0.05, 0) is 16.5 Å². The quantitative estimate of drug-likeness (QED) is 0.756. The van der Waals surface area contributed by atoms with Gasteiger partial charge in [-0.15, -0.1) is 0 Å². The Hall–Kier alpha value is -0.860. The lowest BCUT2D eigenvalue weighted by atomic mass is 9.85. The van der Waals surface area contributed by atoms with Crippen LogP contribution in [-0.2, 0) is 5.41 Å². The van der Waals surface area contributed by atoms with Crippen LogP contribution in [0.1, 0.15) is 37.8 Å². The Morgan fingerprint density at radius 2 is 1.75 bits per heavy atom. The highest BCUT2D eigenvalue weighted by Gasteiger charge is 2.25. The van der Waals surface area contributed by atoms with Crippen molar-refractivity contribution in [3.05, 3.63) is 35.4 Å². The molecule has 1 heterocycles. The van der Waals surface area contributed by atoms with Crippen molar-refractivity contribution in [3.8, 4) is 0 Å². The first-order chi connectivity index (χ1) is 7.48. The third kappa shape index (κ3) is 2.28. The summed E-state index contributed by atoms with van der Waals surface area (Å²) < 4.78 is 0. The lowest BCUT2D eigenvalue weighted by Crippen LogP contribution is -2.27. The lowest BCUT2D eigenvalue weighted by molar-refractivity contribution is 0.588. The second-order valence-electron chi connectivity index (χ2n) is 5.80. The van der Waals surface area contributed by atoms with E-state index in [2.05, 4.69) is 50.4 Å². The van der Waals surface area contributed by atoms with Crippen LogP contribution in [0.3, 0.4) is 0 Å². The fraction of sp³-hybridized carbons (Fsp3) is 0.571. The Kier molecular flexibility index (Phi) is 3.04. The van der Waals surface area contributed by atoms with E-state index in [9.17, 15) is 0 Å². The summed E-state index contributed by atoms with van der Waals surface area (Å²) in [6.07, 6.45) is 0. The van der Waals surface area contributed by atoms with E-state index in [4.69, 9.17) is 5.73 Å². The summed E-state index contributed by atoms with van der Waals surface area (Å²) in [7, 11) is 0. The zero-order valence-electron chi connectivity index (χ0n) is 10.5. The molecule has 2 atom stereocenters. The Balaban J connectivity index is 2.19. The number of benzene rings is 1. The van der Waals surface area contributed by atoms with Gasteiger partial charge in [0.1, 0.15) is 0 Å². The molecule has 2 rings (SSSR count). The fourth-order valence-electron chi connectivity index (χ4n) is 2.29. The largest absolute Gasteiger partial charge is 0.326 e. The van der Waals surface area contributed by atoms with E-state index in [0.717, 1.165) is 13.1 Å². The molecule has 0 radical (unpaired) electrons. The molecule has 0 aliphatic carbocycles. The minimum absolute atomic E-state index is 0.231. The molecule has 2 unspecified atom stereocenters. The second-order valence-corrected chi connectivity index (χ2v) is 5.80. The second kappa shape index (κ2) is 4.19. The average molecular weight is 218 g/mol. The van der Waals surface area contributed by atoms with Crippen molar-refractivity contribution in [2.45, 2.75) is 38.1 Å². The number of rotatable bonds is 1. The number of nitrogens with one attached hydrogen (secondary N) is 1. The molecular weight excluding hydrogens is 196 g/mol. The first-order valence-corrected chi connectivity index (χ1v) is 6.05. The third-order valence-electron chi connectivity index (χ3n) is 3.47. The third-order valence-corrected chi connectivity index (χ3v) is 3.47. The summed E-state index contributed by atoms with van der Waals surface area (Å²) in [6, 6.07) is 9.21. The molecule has 0 bridgehead atoms. The van der Waals surface area contributed by atoms with E-state index in [1.165, 1.54) is 11.1 Å². The Morgan fingerprint density at radius 3 is 2.19 bits per heavy atom. The van der Waals surface area contributed by atoms with Crippen molar-refractivity contribution < 1.29 is 0 Å². The van der Waals surface area contributed by atoms with Gasteiger partial charge in [-0.3, -0.25) is 0 Å². The van der Waals surface area contributed by atoms with Gasteiger partial charge in [0.25, 0.3) is 0 Å². The van der Waals surface area contributed by atoms with E-state index in [0.29, 0.717) is 5.92 Å². The molecule has 1 aromatic carbocycles. The molecule has 0 spiro atoms. The van der Waals surface area contributed by atoms with Crippen molar-refractivity contribution in [1.29, 1.82) is 0 Å². The minimum Gasteiger partial charge on any atom is -0.326 e. The SMILES string of the molecule is CC(C)(C)c1ccc(C2CNCC2N)cc1. The Morgan fingerprint density at radius 1 is 1.12 bits per heavy atom. The van der Waals surface area contributed by atoms with Crippen LogP contribution in [0.15, 0.2) is 24.3 Å². The van der Waals surface area contributed by atoms with Crippen LogP contribution in [0.2, 0.25) is 0 Å². The summed E-state index contributed by atoms with van der Waals surface area (Å²) in [5.74, 6) is 0.481. The van der Waals surface area contributed by atoms with Crippen LogP contribution in [0, 0.1) is 0 Å². The highest BCUT2D eigenvalue weighted by atomic mass is 15.0. The summed E-state index contributed by atoms with van der Waals surface area (Å²) >= 11 is 0. The van der Waals surface area contributed by atoms with Gasteiger partial charge in [0, 0.05) is 25.0 Å². The molecule has 0 aromatic heterocycles. The molecule has 1 aromatic rings. The first-order valence-electron chi connectivity index (χ1n) is 6.05. The maximum atomic E-state index is 6.07. The molecule has 2 nitrogen and oxygen atoms in total. The van der Waals surface area contributed by atoms with Gasteiger partial charge in [-0.25, -0.2) is 0 Å². The molecule has 1 fully saturated rings. The van der Waals surface area contributed by atoms with Crippen LogP contribution in [0.4, 0.5) is 0 Å².